The fourth-order valence-electron chi connectivity index (χ4n) is 3.11. The summed E-state index contributed by atoms with van der Waals surface area (Å²) < 4.78 is 10.7. The van der Waals surface area contributed by atoms with Crippen molar-refractivity contribution in [3.8, 4) is 22.8 Å². The van der Waals surface area contributed by atoms with Gasteiger partial charge in [-0.15, -0.1) is 0 Å². The SMILES string of the molecule is CC(=O)Oc1c(N2C(=O)CCC2=O)oc(-c2ccc3ccccc3c2)c1O. The van der Waals surface area contributed by atoms with Crippen LogP contribution < -0.4 is 9.64 Å². The molecule has 1 fully saturated rings. The Morgan fingerprint density at radius 2 is 1.74 bits per heavy atom. The molecule has 1 aliphatic rings. The van der Waals surface area contributed by atoms with E-state index in [2.05, 4.69) is 0 Å². The van der Waals surface area contributed by atoms with Gasteiger partial charge in [0.05, 0.1) is 0 Å². The van der Waals surface area contributed by atoms with E-state index >= 15 is 0 Å². The lowest BCUT2D eigenvalue weighted by Crippen LogP contribution is -2.28. The monoisotopic (exact) mass is 365 g/mol. The zero-order chi connectivity index (χ0) is 19.1. The highest BCUT2D eigenvalue weighted by Crippen LogP contribution is 2.49. The molecule has 3 aromatic rings. The molecular formula is C20H15NO6. The van der Waals surface area contributed by atoms with Crippen LogP contribution in [0.25, 0.3) is 22.1 Å². The number of fused-ring (bicyclic) bond motifs is 1. The van der Waals surface area contributed by atoms with E-state index in [4.69, 9.17) is 9.15 Å². The number of carbonyl (C=O) groups excluding carboxylic acids is 3. The van der Waals surface area contributed by atoms with Gasteiger partial charge in [0.1, 0.15) is 0 Å². The van der Waals surface area contributed by atoms with Crippen LogP contribution in [0.2, 0.25) is 0 Å². The quantitative estimate of drug-likeness (QED) is 0.564. The first-order valence-electron chi connectivity index (χ1n) is 8.35. The van der Waals surface area contributed by atoms with E-state index in [1.165, 1.54) is 0 Å². The Morgan fingerprint density at radius 1 is 1.07 bits per heavy atom. The number of esters is 1. The van der Waals surface area contributed by atoms with Crippen LogP contribution in [0.5, 0.6) is 11.5 Å². The summed E-state index contributed by atoms with van der Waals surface area (Å²) in [6.07, 6.45) is 0.0657. The number of hydrogen-bond acceptors (Lipinski definition) is 6. The van der Waals surface area contributed by atoms with Crippen LogP contribution in [0.1, 0.15) is 19.8 Å². The van der Waals surface area contributed by atoms with E-state index in [0.717, 1.165) is 22.6 Å². The largest absolute Gasteiger partial charge is 0.502 e. The molecule has 1 aromatic heterocycles. The maximum atomic E-state index is 12.1. The first kappa shape index (κ1) is 16.8. The third-order valence-corrected chi connectivity index (χ3v) is 4.34. The second-order valence-electron chi connectivity index (χ2n) is 6.19. The van der Waals surface area contributed by atoms with Gasteiger partial charge in [-0.25, -0.2) is 4.90 Å². The maximum absolute atomic E-state index is 12.1. The summed E-state index contributed by atoms with van der Waals surface area (Å²) in [5.74, 6) is -2.72. The van der Waals surface area contributed by atoms with Gasteiger partial charge < -0.3 is 14.3 Å². The van der Waals surface area contributed by atoms with Crippen molar-refractivity contribution in [3.63, 3.8) is 0 Å². The average molecular weight is 365 g/mol. The van der Waals surface area contributed by atoms with Crippen LogP contribution in [0.4, 0.5) is 5.88 Å². The fraction of sp³-hybridized carbons (Fsp3) is 0.150. The number of anilines is 1. The first-order chi connectivity index (χ1) is 13.0. The highest BCUT2D eigenvalue weighted by Gasteiger charge is 2.38. The minimum absolute atomic E-state index is 0.0134. The van der Waals surface area contributed by atoms with Crippen molar-refractivity contribution in [2.45, 2.75) is 19.8 Å². The molecule has 0 unspecified atom stereocenters. The van der Waals surface area contributed by atoms with Crippen LogP contribution in [0.15, 0.2) is 46.9 Å². The van der Waals surface area contributed by atoms with Crippen molar-refractivity contribution >= 4 is 34.4 Å². The number of amides is 2. The Hall–Kier alpha value is -3.61. The summed E-state index contributed by atoms with van der Waals surface area (Å²) >= 11 is 0. The molecule has 2 amide bonds. The van der Waals surface area contributed by atoms with Gasteiger partial charge in [0, 0.05) is 25.3 Å². The summed E-state index contributed by atoms with van der Waals surface area (Å²) in [5.41, 5.74) is 0.518. The summed E-state index contributed by atoms with van der Waals surface area (Å²) in [7, 11) is 0. The predicted molar refractivity (Wildman–Crippen MR) is 96.4 cm³/mol. The standard InChI is InChI=1S/C20H15NO6/c1-11(22)26-19-17(25)18(27-20(19)21-15(23)8-9-16(21)24)14-7-6-12-4-2-3-5-13(12)10-14/h2-7,10,25H,8-9H2,1H3. The Kier molecular flexibility index (Phi) is 3.92. The number of hydrogen-bond donors (Lipinski definition) is 1. The average Bonchev–Trinajstić information content (AvgIpc) is 3.14. The van der Waals surface area contributed by atoms with Gasteiger partial charge in [0.25, 0.3) is 5.88 Å². The number of furan rings is 1. The summed E-state index contributed by atoms with van der Waals surface area (Å²) in [4.78, 5) is 36.4. The topological polar surface area (TPSA) is 97.0 Å². The Balaban J connectivity index is 1.89. The summed E-state index contributed by atoms with van der Waals surface area (Å²) in [6, 6.07) is 13.0. The van der Waals surface area contributed by atoms with Gasteiger partial charge >= 0.3 is 5.97 Å². The number of nitrogens with zero attached hydrogens (tertiary/aromatic N) is 1. The minimum Gasteiger partial charge on any atom is -0.502 e. The molecule has 0 saturated carbocycles. The lowest BCUT2D eigenvalue weighted by atomic mass is 10.1. The molecule has 0 radical (unpaired) electrons. The zero-order valence-electron chi connectivity index (χ0n) is 14.4. The van der Waals surface area contributed by atoms with E-state index in [1.54, 1.807) is 12.1 Å². The van der Waals surface area contributed by atoms with E-state index < -0.39 is 23.5 Å². The van der Waals surface area contributed by atoms with Crippen LogP contribution >= 0.6 is 0 Å². The molecule has 1 N–H and O–H groups in total. The molecule has 1 saturated heterocycles. The third kappa shape index (κ3) is 2.83. The maximum Gasteiger partial charge on any atom is 0.308 e. The van der Waals surface area contributed by atoms with Gasteiger partial charge in [-0.05, 0) is 16.8 Å². The minimum atomic E-state index is -0.712. The van der Waals surface area contributed by atoms with Gasteiger partial charge in [-0.2, -0.15) is 0 Å². The van der Waals surface area contributed by atoms with E-state index in [9.17, 15) is 19.5 Å². The molecule has 27 heavy (non-hydrogen) atoms. The van der Waals surface area contributed by atoms with Crippen LogP contribution in [0, 0.1) is 0 Å². The molecule has 1 aliphatic heterocycles. The second kappa shape index (κ2) is 6.28. The van der Waals surface area contributed by atoms with Gasteiger partial charge in [0.15, 0.2) is 5.76 Å². The lowest BCUT2D eigenvalue weighted by Gasteiger charge is -2.11. The number of aromatic hydroxyl groups is 1. The predicted octanol–water partition coefficient (Wildman–Crippen LogP) is 3.38. The van der Waals surface area contributed by atoms with Crippen LogP contribution in [-0.4, -0.2) is 22.9 Å². The van der Waals surface area contributed by atoms with Crippen molar-refractivity contribution in [2.24, 2.45) is 0 Å². The van der Waals surface area contributed by atoms with Crippen molar-refractivity contribution < 1.29 is 28.6 Å². The number of carbonyl (C=O) groups is 3. The molecule has 7 heteroatoms. The molecule has 0 aliphatic carbocycles. The van der Waals surface area contributed by atoms with Crippen molar-refractivity contribution in [1.29, 1.82) is 0 Å². The Labute approximate surface area is 153 Å². The Morgan fingerprint density at radius 3 is 2.41 bits per heavy atom. The molecule has 0 atom stereocenters. The van der Waals surface area contributed by atoms with Crippen molar-refractivity contribution in [3.05, 3.63) is 42.5 Å². The molecule has 136 valence electrons. The highest BCUT2D eigenvalue weighted by atomic mass is 16.6. The summed E-state index contributed by atoms with van der Waals surface area (Å²) in [6.45, 7) is 1.15. The molecule has 4 rings (SSSR count). The van der Waals surface area contributed by atoms with E-state index in [0.29, 0.717) is 5.56 Å². The molecule has 2 aromatic carbocycles. The molecular weight excluding hydrogens is 350 g/mol. The van der Waals surface area contributed by atoms with Gasteiger partial charge in [0.2, 0.25) is 23.3 Å². The first-order valence-corrected chi connectivity index (χ1v) is 8.35. The van der Waals surface area contributed by atoms with Crippen LogP contribution in [0.3, 0.4) is 0 Å². The molecule has 0 spiro atoms. The van der Waals surface area contributed by atoms with Gasteiger partial charge in [-0.1, -0.05) is 36.4 Å². The zero-order valence-corrected chi connectivity index (χ0v) is 14.4. The summed E-state index contributed by atoms with van der Waals surface area (Å²) in [5, 5.41) is 12.5. The number of benzene rings is 2. The van der Waals surface area contributed by atoms with Crippen molar-refractivity contribution in [2.75, 3.05) is 4.90 Å². The molecule has 0 bridgehead atoms. The number of rotatable bonds is 3. The normalized spacial score (nSPS) is 14.2. The Bertz CT molecular complexity index is 1080. The number of imide groups is 1. The second-order valence-corrected chi connectivity index (χ2v) is 6.19. The number of ether oxygens (including phenoxy) is 1. The smallest absolute Gasteiger partial charge is 0.308 e. The third-order valence-electron chi connectivity index (χ3n) is 4.34. The molecule has 2 heterocycles. The van der Waals surface area contributed by atoms with Crippen molar-refractivity contribution in [1.82, 2.24) is 0 Å². The van der Waals surface area contributed by atoms with Crippen LogP contribution in [-0.2, 0) is 14.4 Å². The van der Waals surface area contributed by atoms with E-state index in [1.807, 2.05) is 30.3 Å². The molecule has 7 nitrogen and oxygen atoms in total. The highest BCUT2D eigenvalue weighted by molar-refractivity contribution is 6.20. The van der Waals surface area contributed by atoms with Gasteiger partial charge in [-0.3, -0.25) is 14.4 Å². The van der Waals surface area contributed by atoms with E-state index in [-0.39, 0.29) is 30.2 Å². The fourth-order valence-corrected chi connectivity index (χ4v) is 3.11. The lowest BCUT2D eigenvalue weighted by molar-refractivity contribution is -0.132.